The van der Waals surface area contributed by atoms with E-state index in [0.29, 0.717) is 5.69 Å². The molecule has 0 unspecified atom stereocenters. The minimum absolute atomic E-state index is 0.673. The molecule has 0 bridgehead atoms. The highest BCUT2D eigenvalue weighted by atomic mass is 14.5. The summed E-state index contributed by atoms with van der Waals surface area (Å²) in [6.07, 6.45) is 6.73. The molecule has 0 saturated heterocycles. The molecule has 2 N–H and O–H groups in total. The van der Waals surface area contributed by atoms with Crippen molar-refractivity contribution in [3.63, 3.8) is 0 Å². The van der Waals surface area contributed by atoms with E-state index in [9.17, 15) is 0 Å². The largest absolute Gasteiger partial charge is 0.399 e. The lowest BCUT2D eigenvalue weighted by Gasteiger charge is -1.90. The molecule has 1 aromatic carbocycles. The third-order valence-electron chi connectivity index (χ3n) is 1.03. The first kappa shape index (κ1) is 5.71. The molecular formula is C8H6N. The molecule has 0 fully saturated rings. The van der Waals surface area contributed by atoms with E-state index in [2.05, 4.69) is 5.92 Å². The third-order valence-corrected chi connectivity index (χ3v) is 1.03. The lowest BCUT2D eigenvalue weighted by atomic mass is 10.2. The average molecular weight is 116 g/mol. The summed E-state index contributed by atoms with van der Waals surface area (Å²) in [6, 6.07) is 7.06. The van der Waals surface area contributed by atoms with Gasteiger partial charge in [-0.15, -0.1) is 0 Å². The van der Waals surface area contributed by atoms with E-state index < -0.39 is 0 Å². The first-order valence-corrected chi connectivity index (χ1v) is 2.61. The highest BCUT2D eigenvalue weighted by Gasteiger charge is 1.84. The van der Waals surface area contributed by atoms with Crippen molar-refractivity contribution in [3.05, 3.63) is 36.3 Å². The van der Waals surface area contributed by atoms with Gasteiger partial charge in [-0.3, -0.25) is 0 Å². The van der Waals surface area contributed by atoms with Gasteiger partial charge in [0.2, 0.25) is 0 Å². The van der Waals surface area contributed by atoms with E-state index in [4.69, 9.17) is 12.2 Å². The van der Waals surface area contributed by atoms with Gasteiger partial charge in [-0.25, -0.2) is 0 Å². The summed E-state index contributed by atoms with van der Waals surface area (Å²) in [4.78, 5) is 0. The van der Waals surface area contributed by atoms with Gasteiger partial charge >= 0.3 is 0 Å². The van der Waals surface area contributed by atoms with Crippen molar-refractivity contribution in [2.75, 3.05) is 5.73 Å². The van der Waals surface area contributed by atoms with Crippen LogP contribution in [-0.2, 0) is 0 Å². The van der Waals surface area contributed by atoms with Crippen LogP contribution in [0.2, 0.25) is 0 Å². The minimum Gasteiger partial charge on any atom is -0.399 e. The van der Waals surface area contributed by atoms with Gasteiger partial charge in [-0.05, 0) is 24.6 Å². The Hall–Kier alpha value is -1.42. The maximum atomic E-state index is 6.73. The van der Waals surface area contributed by atoms with Crippen LogP contribution in [0.1, 0.15) is 5.56 Å². The zero-order valence-electron chi connectivity index (χ0n) is 4.89. The number of anilines is 1. The molecule has 1 heteroatoms. The maximum absolute atomic E-state index is 6.73. The van der Waals surface area contributed by atoms with Crippen LogP contribution in [0.3, 0.4) is 0 Å². The molecule has 0 aliphatic heterocycles. The van der Waals surface area contributed by atoms with Gasteiger partial charge in [0.15, 0.2) is 0 Å². The van der Waals surface area contributed by atoms with E-state index >= 15 is 0 Å². The van der Waals surface area contributed by atoms with Crippen LogP contribution in [-0.4, -0.2) is 0 Å². The molecule has 0 aliphatic rings. The average Bonchev–Trinajstić information content (AvgIpc) is 1.88. The SMILES string of the molecule is [C]#Cc1cccc(N)c1. The van der Waals surface area contributed by atoms with Crippen LogP contribution >= 0.6 is 0 Å². The van der Waals surface area contributed by atoms with E-state index in [-0.39, 0.29) is 0 Å². The van der Waals surface area contributed by atoms with Crippen LogP contribution < -0.4 is 5.73 Å². The smallest absolute Gasteiger partial charge is 0.0326 e. The Morgan fingerprint density at radius 2 is 2.22 bits per heavy atom. The zero-order valence-corrected chi connectivity index (χ0v) is 4.89. The van der Waals surface area contributed by atoms with Crippen LogP contribution in [0.5, 0.6) is 0 Å². The molecular weight excluding hydrogens is 110 g/mol. The third kappa shape index (κ3) is 1.23. The summed E-state index contributed by atoms with van der Waals surface area (Å²) in [5.74, 6) is 2.24. The predicted molar refractivity (Wildman–Crippen MR) is 37.1 cm³/mol. The Balaban J connectivity index is 3.12. The van der Waals surface area contributed by atoms with Gasteiger partial charge in [0.25, 0.3) is 0 Å². The van der Waals surface area contributed by atoms with Crippen LogP contribution in [0.15, 0.2) is 24.3 Å². The van der Waals surface area contributed by atoms with Crippen molar-refractivity contribution >= 4 is 5.69 Å². The van der Waals surface area contributed by atoms with Crippen molar-refractivity contribution in [3.8, 4) is 5.92 Å². The van der Waals surface area contributed by atoms with Gasteiger partial charge in [-0.2, -0.15) is 0 Å². The molecule has 43 valence electrons. The Bertz CT molecular complexity index is 245. The molecule has 0 spiro atoms. The van der Waals surface area contributed by atoms with E-state index in [0.717, 1.165) is 5.56 Å². The summed E-state index contributed by atoms with van der Waals surface area (Å²) in [6.45, 7) is 0. The first-order valence-electron chi connectivity index (χ1n) is 2.61. The maximum Gasteiger partial charge on any atom is 0.0326 e. The normalized spacial score (nSPS) is 8.33. The lowest BCUT2D eigenvalue weighted by molar-refractivity contribution is 1.63. The van der Waals surface area contributed by atoms with Crippen molar-refractivity contribution in [1.82, 2.24) is 0 Å². The fraction of sp³-hybridized carbons (Fsp3) is 0. The fourth-order valence-corrected chi connectivity index (χ4v) is 0.616. The fourth-order valence-electron chi connectivity index (χ4n) is 0.616. The molecule has 1 nitrogen and oxygen atoms in total. The second-order valence-corrected chi connectivity index (χ2v) is 1.75. The Kier molecular flexibility index (Phi) is 1.42. The second kappa shape index (κ2) is 2.23. The molecule has 0 atom stereocenters. The highest BCUT2D eigenvalue weighted by Crippen LogP contribution is 2.03. The van der Waals surface area contributed by atoms with Gasteiger partial charge in [0, 0.05) is 11.3 Å². The number of hydrogen-bond donors (Lipinski definition) is 1. The van der Waals surface area contributed by atoms with E-state index in [1.165, 1.54) is 0 Å². The first-order chi connectivity index (χ1) is 4.33. The summed E-state index contributed by atoms with van der Waals surface area (Å²) < 4.78 is 0. The van der Waals surface area contributed by atoms with Crippen molar-refractivity contribution in [2.24, 2.45) is 0 Å². The van der Waals surface area contributed by atoms with Gasteiger partial charge in [0.1, 0.15) is 0 Å². The number of hydrogen-bond acceptors (Lipinski definition) is 1. The summed E-state index contributed by atoms with van der Waals surface area (Å²) in [7, 11) is 0. The van der Waals surface area contributed by atoms with Crippen LogP contribution in [0.25, 0.3) is 0 Å². The lowest BCUT2D eigenvalue weighted by Crippen LogP contribution is -1.83. The number of nitrogens with two attached hydrogens (primary N) is 1. The Morgan fingerprint density at radius 3 is 2.67 bits per heavy atom. The monoisotopic (exact) mass is 116 g/mol. The van der Waals surface area contributed by atoms with Crippen molar-refractivity contribution < 1.29 is 0 Å². The van der Waals surface area contributed by atoms with Crippen molar-refractivity contribution in [1.29, 1.82) is 0 Å². The van der Waals surface area contributed by atoms with Gasteiger partial charge in [-0.1, -0.05) is 12.0 Å². The van der Waals surface area contributed by atoms with Crippen LogP contribution in [0, 0.1) is 12.3 Å². The molecule has 9 heavy (non-hydrogen) atoms. The van der Waals surface area contributed by atoms with Gasteiger partial charge < -0.3 is 5.73 Å². The molecule has 1 aromatic rings. The molecule has 0 amide bonds. The summed E-state index contributed by atoms with van der Waals surface area (Å²) >= 11 is 0. The molecule has 0 saturated carbocycles. The molecule has 0 heterocycles. The quantitative estimate of drug-likeness (QED) is 0.400. The Labute approximate surface area is 54.5 Å². The van der Waals surface area contributed by atoms with Crippen LogP contribution in [0.4, 0.5) is 5.69 Å². The summed E-state index contributed by atoms with van der Waals surface area (Å²) in [5.41, 5.74) is 6.80. The second-order valence-electron chi connectivity index (χ2n) is 1.75. The standard InChI is InChI=1S/C8H6N/c1-2-7-4-3-5-8(9)6-7/h3-6H,9H2. The molecule has 1 radical (unpaired) electrons. The number of nitrogen functional groups attached to an aromatic ring is 1. The van der Waals surface area contributed by atoms with E-state index in [1.807, 2.05) is 0 Å². The minimum atomic E-state index is 0.673. The molecule has 0 aromatic heterocycles. The zero-order chi connectivity index (χ0) is 6.69. The molecule has 0 aliphatic carbocycles. The Morgan fingerprint density at radius 1 is 1.44 bits per heavy atom. The number of benzene rings is 1. The van der Waals surface area contributed by atoms with E-state index in [1.54, 1.807) is 24.3 Å². The summed E-state index contributed by atoms with van der Waals surface area (Å²) in [5, 5.41) is 0. The predicted octanol–water partition coefficient (Wildman–Crippen LogP) is 1.21. The highest BCUT2D eigenvalue weighted by molar-refractivity contribution is 5.45. The topological polar surface area (TPSA) is 26.0 Å². The van der Waals surface area contributed by atoms with Gasteiger partial charge in [0.05, 0.1) is 0 Å². The van der Waals surface area contributed by atoms with Crippen molar-refractivity contribution in [2.45, 2.75) is 0 Å². The molecule has 1 rings (SSSR count). The number of rotatable bonds is 0.